The summed E-state index contributed by atoms with van der Waals surface area (Å²) in [5.41, 5.74) is 5.74. The van der Waals surface area contributed by atoms with Crippen LogP contribution in [0.4, 0.5) is 0 Å². The molecule has 0 radical (unpaired) electrons. The second-order valence-corrected chi connectivity index (χ2v) is 7.47. The second-order valence-electron chi connectivity index (χ2n) is 6.53. The standard InChI is InChI=1S/C16H23N5O3S/c1-11-10-25-15(17-11)8-13(22)18-19-14(23)9-20-4-6-21(7-5-20)16(24)12-2-3-12/h10,12H,2-9H2,1H3,(H,18,22)(H,19,23). The maximum atomic E-state index is 12.0. The van der Waals surface area contributed by atoms with E-state index in [1.807, 2.05) is 22.1 Å². The largest absolute Gasteiger partial charge is 0.340 e. The van der Waals surface area contributed by atoms with Crippen molar-refractivity contribution in [3.63, 3.8) is 0 Å². The van der Waals surface area contributed by atoms with E-state index in [2.05, 4.69) is 15.8 Å². The highest BCUT2D eigenvalue weighted by molar-refractivity contribution is 7.09. The van der Waals surface area contributed by atoms with Crippen LogP contribution in [0, 0.1) is 12.8 Å². The number of hydrogen-bond donors (Lipinski definition) is 2. The summed E-state index contributed by atoms with van der Waals surface area (Å²) in [6, 6.07) is 0. The van der Waals surface area contributed by atoms with Gasteiger partial charge in [-0.25, -0.2) is 4.98 Å². The number of nitrogens with one attached hydrogen (secondary N) is 2. The minimum Gasteiger partial charge on any atom is -0.340 e. The Kier molecular flexibility index (Phi) is 5.64. The Morgan fingerprint density at radius 2 is 1.84 bits per heavy atom. The van der Waals surface area contributed by atoms with Crippen LogP contribution in [-0.2, 0) is 20.8 Å². The first-order valence-electron chi connectivity index (χ1n) is 8.51. The highest BCUT2D eigenvalue weighted by atomic mass is 32.1. The summed E-state index contributed by atoms with van der Waals surface area (Å²) in [5, 5.41) is 2.61. The van der Waals surface area contributed by atoms with Gasteiger partial charge in [0.2, 0.25) is 11.8 Å². The molecule has 2 N–H and O–H groups in total. The van der Waals surface area contributed by atoms with Crippen molar-refractivity contribution in [1.29, 1.82) is 0 Å². The molecule has 1 aliphatic carbocycles. The normalized spacial score (nSPS) is 18.0. The van der Waals surface area contributed by atoms with E-state index in [0.717, 1.165) is 23.5 Å². The molecule has 1 aromatic heterocycles. The molecule has 0 spiro atoms. The molecule has 2 aliphatic rings. The molecule has 25 heavy (non-hydrogen) atoms. The van der Waals surface area contributed by atoms with Gasteiger partial charge in [-0.3, -0.25) is 30.1 Å². The number of rotatable bonds is 5. The predicted octanol–water partition coefficient (Wildman–Crippen LogP) is -0.304. The van der Waals surface area contributed by atoms with Gasteiger partial charge in [0.05, 0.1) is 13.0 Å². The number of hydrazine groups is 1. The van der Waals surface area contributed by atoms with Crippen LogP contribution in [0.3, 0.4) is 0 Å². The molecule has 2 heterocycles. The summed E-state index contributed by atoms with van der Waals surface area (Å²) in [6.45, 7) is 4.77. The van der Waals surface area contributed by atoms with Crippen LogP contribution in [0.15, 0.2) is 5.38 Å². The van der Waals surface area contributed by atoms with Crippen molar-refractivity contribution in [3.8, 4) is 0 Å². The van der Waals surface area contributed by atoms with Crippen molar-refractivity contribution in [3.05, 3.63) is 16.1 Å². The topological polar surface area (TPSA) is 94.6 Å². The van der Waals surface area contributed by atoms with Crippen molar-refractivity contribution < 1.29 is 14.4 Å². The summed E-state index contributed by atoms with van der Waals surface area (Å²) in [7, 11) is 0. The number of aryl methyl sites for hydroxylation is 1. The molecule has 1 aliphatic heterocycles. The monoisotopic (exact) mass is 365 g/mol. The zero-order valence-corrected chi connectivity index (χ0v) is 15.1. The molecule has 0 bridgehead atoms. The lowest BCUT2D eigenvalue weighted by Crippen LogP contribution is -2.53. The lowest BCUT2D eigenvalue weighted by Gasteiger charge is -2.34. The SMILES string of the molecule is Cc1csc(CC(=O)NNC(=O)CN2CCN(C(=O)C3CC3)CC2)n1. The van der Waals surface area contributed by atoms with Crippen LogP contribution < -0.4 is 10.9 Å². The molecular formula is C16H23N5O3S. The first kappa shape index (κ1) is 17.8. The molecule has 3 rings (SSSR count). The molecule has 0 atom stereocenters. The molecule has 1 saturated heterocycles. The van der Waals surface area contributed by atoms with Crippen LogP contribution in [-0.4, -0.2) is 65.2 Å². The molecule has 1 aromatic rings. The summed E-state index contributed by atoms with van der Waals surface area (Å²) >= 11 is 1.42. The number of amides is 3. The van der Waals surface area contributed by atoms with Gasteiger partial charge in [-0.15, -0.1) is 11.3 Å². The van der Waals surface area contributed by atoms with E-state index in [1.54, 1.807) is 0 Å². The maximum absolute atomic E-state index is 12.0. The Morgan fingerprint density at radius 3 is 2.44 bits per heavy atom. The van der Waals surface area contributed by atoms with Crippen molar-refractivity contribution in [2.45, 2.75) is 26.2 Å². The average molecular weight is 365 g/mol. The Labute approximate surface area is 150 Å². The smallest absolute Gasteiger partial charge is 0.252 e. The summed E-state index contributed by atoms with van der Waals surface area (Å²) < 4.78 is 0. The van der Waals surface area contributed by atoms with Crippen LogP contribution in [0.2, 0.25) is 0 Å². The van der Waals surface area contributed by atoms with Gasteiger partial charge in [0.15, 0.2) is 0 Å². The van der Waals surface area contributed by atoms with Crippen LogP contribution in [0.25, 0.3) is 0 Å². The van der Waals surface area contributed by atoms with Gasteiger partial charge in [0.1, 0.15) is 5.01 Å². The fourth-order valence-corrected chi connectivity index (χ4v) is 3.53. The number of aromatic nitrogens is 1. The van der Waals surface area contributed by atoms with Gasteiger partial charge in [0.25, 0.3) is 5.91 Å². The van der Waals surface area contributed by atoms with E-state index in [0.29, 0.717) is 26.2 Å². The molecular weight excluding hydrogens is 342 g/mol. The van der Waals surface area contributed by atoms with Crippen LogP contribution in [0.5, 0.6) is 0 Å². The highest BCUT2D eigenvalue weighted by Crippen LogP contribution is 2.31. The molecule has 0 aromatic carbocycles. The fourth-order valence-electron chi connectivity index (χ4n) is 2.76. The zero-order chi connectivity index (χ0) is 17.8. The van der Waals surface area contributed by atoms with Gasteiger partial charge in [0, 0.05) is 43.2 Å². The molecule has 8 nitrogen and oxygen atoms in total. The predicted molar refractivity (Wildman–Crippen MR) is 92.6 cm³/mol. The lowest BCUT2D eigenvalue weighted by molar-refractivity contribution is -0.135. The van der Waals surface area contributed by atoms with Gasteiger partial charge < -0.3 is 4.90 Å². The van der Waals surface area contributed by atoms with Crippen molar-refractivity contribution >= 4 is 29.1 Å². The second kappa shape index (κ2) is 7.92. The van der Waals surface area contributed by atoms with Crippen LogP contribution in [0.1, 0.15) is 23.5 Å². The minimum absolute atomic E-state index is 0.154. The number of hydrogen-bond acceptors (Lipinski definition) is 6. The van der Waals surface area contributed by atoms with E-state index in [-0.39, 0.29) is 36.6 Å². The third-order valence-corrected chi connectivity index (χ3v) is 5.26. The molecule has 2 fully saturated rings. The lowest BCUT2D eigenvalue weighted by atomic mass is 10.2. The van der Waals surface area contributed by atoms with E-state index in [9.17, 15) is 14.4 Å². The number of carbonyl (C=O) groups excluding carboxylic acids is 3. The van der Waals surface area contributed by atoms with Crippen molar-refractivity contribution in [2.75, 3.05) is 32.7 Å². The molecule has 136 valence electrons. The van der Waals surface area contributed by atoms with Gasteiger partial charge in [-0.05, 0) is 19.8 Å². The summed E-state index contributed by atoms with van der Waals surface area (Å²) in [5.74, 6) is -0.0475. The van der Waals surface area contributed by atoms with E-state index < -0.39 is 0 Å². The summed E-state index contributed by atoms with van der Waals surface area (Å²) in [6.07, 6.45) is 2.18. The number of carbonyl (C=O) groups is 3. The molecule has 9 heteroatoms. The average Bonchev–Trinajstić information content (AvgIpc) is 3.36. The fraction of sp³-hybridized carbons (Fsp3) is 0.625. The van der Waals surface area contributed by atoms with Crippen molar-refractivity contribution in [1.82, 2.24) is 25.6 Å². The number of nitrogens with zero attached hydrogens (tertiary/aromatic N) is 3. The summed E-state index contributed by atoms with van der Waals surface area (Å²) in [4.78, 5) is 43.8. The van der Waals surface area contributed by atoms with Gasteiger partial charge >= 0.3 is 0 Å². The number of thiazole rings is 1. The molecule has 0 unspecified atom stereocenters. The maximum Gasteiger partial charge on any atom is 0.252 e. The third kappa shape index (κ3) is 5.23. The first-order valence-corrected chi connectivity index (χ1v) is 9.39. The van der Waals surface area contributed by atoms with Crippen molar-refractivity contribution in [2.24, 2.45) is 5.92 Å². The molecule has 3 amide bonds. The van der Waals surface area contributed by atoms with E-state index >= 15 is 0 Å². The Hall–Kier alpha value is -2.00. The quantitative estimate of drug-likeness (QED) is 0.699. The van der Waals surface area contributed by atoms with Gasteiger partial charge in [-0.2, -0.15) is 0 Å². The molecule has 1 saturated carbocycles. The Morgan fingerprint density at radius 1 is 1.16 bits per heavy atom. The first-order chi connectivity index (χ1) is 12.0. The van der Waals surface area contributed by atoms with E-state index in [1.165, 1.54) is 11.3 Å². The Bertz CT molecular complexity index is 650. The van der Waals surface area contributed by atoms with Crippen LogP contribution >= 0.6 is 11.3 Å². The third-order valence-electron chi connectivity index (χ3n) is 4.30. The van der Waals surface area contributed by atoms with Gasteiger partial charge in [-0.1, -0.05) is 0 Å². The van der Waals surface area contributed by atoms with E-state index in [4.69, 9.17) is 0 Å². The zero-order valence-electron chi connectivity index (χ0n) is 14.3. The highest BCUT2D eigenvalue weighted by Gasteiger charge is 2.34. The number of piperazine rings is 1. The Balaban J connectivity index is 1.32. The minimum atomic E-state index is -0.289.